The Labute approximate surface area is 133 Å². The van der Waals surface area contributed by atoms with Gasteiger partial charge in [0.15, 0.2) is 0 Å². The molecule has 0 radical (unpaired) electrons. The van der Waals surface area contributed by atoms with E-state index in [1.54, 1.807) is 6.07 Å². The summed E-state index contributed by atoms with van der Waals surface area (Å²) in [6, 6.07) is 11.2. The van der Waals surface area contributed by atoms with Gasteiger partial charge in [-0.15, -0.1) is 0 Å². The van der Waals surface area contributed by atoms with E-state index in [0.29, 0.717) is 17.4 Å². The first-order chi connectivity index (χ1) is 10.2. The summed E-state index contributed by atoms with van der Waals surface area (Å²) in [7, 11) is 0. The monoisotopic (exact) mass is 350 g/mol. The van der Waals surface area contributed by atoms with E-state index >= 15 is 0 Å². The molecule has 1 atom stereocenters. The number of halogens is 2. The van der Waals surface area contributed by atoms with Crippen molar-refractivity contribution in [1.82, 2.24) is 0 Å². The van der Waals surface area contributed by atoms with Gasteiger partial charge >= 0.3 is 0 Å². The molecule has 0 spiro atoms. The Bertz CT molecular complexity index is 622. The van der Waals surface area contributed by atoms with Gasteiger partial charge < -0.3 is 4.74 Å². The van der Waals surface area contributed by atoms with Crippen LogP contribution < -0.4 is 0 Å². The Morgan fingerprint density at radius 1 is 1.19 bits per heavy atom. The number of fused-ring (bicyclic) bond motifs is 1. The molecule has 3 rings (SSSR count). The number of ether oxygens (including phenoxy) is 1. The predicted molar refractivity (Wildman–Crippen MR) is 88.3 cm³/mol. The van der Waals surface area contributed by atoms with Gasteiger partial charge in [0.2, 0.25) is 0 Å². The molecule has 0 N–H and O–H groups in total. The van der Waals surface area contributed by atoms with Crippen molar-refractivity contribution < 1.29 is 9.13 Å². The Morgan fingerprint density at radius 2 is 1.90 bits per heavy atom. The zero-order chi connectivity index (χ0) is 14.8. The lowest BCUT2D eigenvalue weighted by Crippen LogP contribution is -2.31. The largest absolute Gasteiger partial charge is 0.378 e. The average Bonchev–Trinajstić information content (AvgIpc) is 2.45. The maximum absolute atomic E-state index is 13.9. The molecule has 112 valence electrons. The molecular formula is C18H20BrFO. The van der Waals surface area contributed by atoms with Gasteiger partial charge in [0.25, 0.3) is 0 Å². The Hall–Kier alpha value is -0.930. The number of alkyl halides is 1. The molecule has 0 aromatic heterocycles. The van der Waals surface area contributed by atoms with Crippen LogP contribution in [0.5, 0.6) is 0 Å². The number of hydrogen-bond donors (Lipinski definition) is 0. The second kappa shape index (κ2) is 6.45. The molecule has 3 heteroatoms. The standard InChI is InChI=1S/C18H20BrFO/c1-2-21-13-9-12(10-13)11-17(19)15-7-8-18(20)16-6-4-3-5-14(15)16/h3-8,12-13,17H,2,9-11H2,1H3. The van der Waals surface area contributed by atoms with E-state index < -0.39 is 0 Å². The van der Waals surface area contributed by atoms with Crippen LogP contribution in [-0.4, -0.2) is 12.7 Å². The molecule has 0 amide bonds. The quantitative estimate of drug-likeness (QED) is 0.635. The summed E-state index contributed by atoms with van der Waals surface area (Å²) >= 11 is 3.80. The van der Waals surface area contributed by atoms with E-state index in [4.69, 9.17) is 4.74 Å². The fourth-order valence-electron chi connectivity index (χ4n) is 3.22. The summed E-state index contributed by atoms with van der Waals surface area (Å²) in [6.45, 7) is 2.85. The van der Waals surface area contributed by atoms with Crippen molar-refractivity contribution >= 4 is 26.7 Å². The van der Waals surface area contributed by atoms with Crippen molar-refractivity contribution in [3.05, 3.63) is 47.8 Å². The van der Waals surface area contributed by atoms with Crippen molar-refractivity contribution in [2.45, 2.75) is 37.1 Å². The first kappa shape index (κ1) is 15.0. The van der Waals surface area contributed by atoms with Crippen LogP contribution in [0, 0.1) is 11.7 Å². The molecule has 0 saturated heterocycles. The third-order valence-electron chi connectivity index (χ3n) is 4.38. The molecule has 0 heterocycles. The molecule has 1 fully saturated rings. The minimum atomic E-state index is -0.144. The first-order valence-electron chi connectivity index (χ1n) is 7.61. The highest BCUT2D eigenvalue weighted by Gasteiger charge is 2.31. The summed E-state index contributed by atoms with van der Waals surface area (Å²) in [5.74, 6) is 0.559. The van der Waals surface area contributed by atoms with Crippen molar-refractivity contribution in [2.75, 3.05) is 6.61 Å². The molecule has 1 aliphatic carbocycles. The van der Waals surface area contributed by atoms with Crippen LogP contribution in [0.25, 0.3) is 10.8 Å². The third kappa shape index (κ3) is 3.14. The van der Waals surface area contributed by atoms with Crippen LogP contribution in [0.3, 0.4) is 0 Å². The smallest absolute Gasteiger partial charge is 0.131 e. The SMILES string of the molecule is CCOC1CC(CC(Br)c2ccc(F)c3ccccc23)C1. The Balaban J connectivity index is 1.74. The summed E-state index contributed by atoms with van der Waals surface area (Å²) in [5.41, 5.74) is 1.19. The van der Waals surface area contributed by atoms with Crippen LogP contribution >= 0.6 is 15.9 Å². The molecule has 0 bridgehead atoms. The highest BCUT2D eigenvalue weighted by Crippen LogP contribution is 2.42. The van der Waals surface area contributed by atoms with Crippen molar-refractivity contribution in [3.8, 4) is 0 Å². The molecule has 21 heavy (non-hydrogen) atoms. The highest BCUT2D eigenvalue weighted by molar-refractivity contribution is 9.09. The number of benzene rings is 2. The number of rotatable bonds is 5. The van der Waals surface area contributed by atoms with Gasteiger partial charge in [0, 0.05) is 16.8 Å². The number of hydrogen-bond acceptors (Lipinski definition) is 1. The molecule has 2 aromatic rings. The van der Waals surface area contributed by atoms with Crippen molar-refractivity contribution in [2.24, 2.45) is 5.92 Å². The van der Waals surface area contributed by atoms with E-state index in [1.807, 2.05) is 37.3 Å². The van der Waals surface area contributed by atoms with Gasteiger partial charge in [-0.05, 0) is 49.1 Å². The van der Waals surface area contributed by atoms with Crippen LogP contribution in [0.1, 0.15) is 36.6 Å². The second-order valence-electron chi connectivity index (χ2n) is 5.80. The van der Waals surface area contributed by atoms with Gasteiger partial charge in [-0.2, -0.15) is 0 Å². The lowest BCUT2D eigenvalue weighted by Gasteiger charge is -2.36. The average molecular weight is 351 g/mol. The maximum Gasteiger partial charge on any atom is 0.131 e. The van der Waals surface area contributed by atoms with E-state index in [0.717, 1.165) is 31.3 Å². The fraction of sp³-hybridized carbons (Fsp3) is 0.444. The molecule has 0 aliphatic heterocycles. The van der Waals surface area contributed by atoms with Gasteiger partial charge in [0.1, 0.15) is 5.82 Å². The molecule has 1 unspecified atom stereocenters. The second-order valence-corrected chi connectivity index (χ2v) is 6.91. The highest BCUT2D eigenvalue weighted by atomic mass is 79.9. The van der Waals surface area contributed by atoms with E-state index in [9.17, 15) is 4.39 Å². The fourth-order valence-corrected chi connectivity index (χ4v) is 4.15. The summed E-state index contributed by atoms with van der Waals surface area (Å²) in [6.07, 6.45) is 3.83. The Kier molecular flexibility index (Phi) is 4.60. The van der Waals surface area contributed by atoms with Crippen molar-refractivity contribution in [1.29, 1.82) is 0 Å². The first-order valence-corrected chi connectivity index (χ1v) is 8.53. The summed E-state index contributed by atoms with van der Waals surface area (Å²) in [4.78, 5) is 0.274. The normalized spacial score (nSPS) is 23.0. The van der Waals surface area contributed by atoms with Gasteiger partial charge in [-0.3, -0.25) is 0 Å². The van der Waals surface area contributed by atoms with Gasteiger partial charge in [-0.25, -0.2) is 4.39 Å². The van der Waals surface area contributed by atoms with Crippen LogP contribution in [-0.2, 0) is 4.74 Å². The van der Waals surface area contributed by atoms with Crippen molar-refractivity contribution in [3.63, 3.8) is 0 Å². The maximum atomic E-state index is 13.9. The van der Waals surface area contributed by atoms with Gasteiger partial charge in [0.05, 0.1) is 6.10 Å². The molecule has 1 nitrogen and oxygen atoms in total. The van der Waals surface area contributed by atoms with Crippen LogP contribution in [0.15, 0.2) is 36.4 Å². The third-order valence-corrected chi connectivity index (χ3v) is 5.24. The van der Waals surface area contributed by atoms with E-state index in [1.165, 1.54) is 5.56 Å². The van der Waals surface area contributed by atoms with Gasteiger partial charge in [-0.1, -0.05) is 46.3 Å². The Morgan fingerprint density at radius 3 is 2.62 bits per heavy atom. The van der Waals surface area contributed by atoms with E-state index in [2.05, 4.69) is 15.9 Å². The lowest BCUT2D eigenvalue weighted by atomic mass is 9.78. The summed E-state index contributed by atoms with van der Waals surface area (Å²) < 4.78 is 19.5. The minimum absolute atomic E-state index is 0.144. The topological polar surface area (TPSA) is 9.23 Å². The molecule has 1 aliphatic rings. The van der Waals surface area contributed by atoms with E-state index in [-0.39, 0.29) is 10.6 Å². The lowest BCUT2D eigenvalue weighted by molar-refractivity contribution is -0.0264. The summed E-state index contributed by atoms with van der Waals surface area (Å²) in [5, 5.41) is 1.72. The predicted octanol–water partition coefficient (Wildman–Crippen LogP) is 5.62. The minimum Gasteiger partial charge on any atom is -0.378 e. The van der Waals surface area contributed by atoms with Crippen LogP contribution in [0.4, 0.5) is 4.39 Å². The molecule has 1 saturated carbocycles. The zero-order valence-electron chi connectivity index (χ0n) is 12.2. The van der Waals surface area contributed by atoms with Crippen LogP contribution in [0.2, 0.25) is 0 Å². The molecular weight excluding hydrogens is 331 g/mol. The molecule has 2 aromatic carbocycles. The zero-order valence-corrected chi connectivity index (χ0v) is 13.8.